The van der Waals surface area contributed by atoms with Crippen molar-refractivity contribution < 1.29 is 0 Å². The number of nitrogens with two attached hydrogens (primary N) is 1. The lowest BCUT2D eigenvalue weighted by atomic mass is 10.00. The quantitative estimate of drug-likeness (QED) is 0.799. The number of benzene rings is 2. The van der Waals surface area contributed by atoms with Gasteiger partial charge in [-0.3, -0.25) is 0 Å². The maximum Gasteiger partial charge on any atom is 0.140 e. The number of hydrogen-bond acceptors (Lipinski definition) is 3. The maximum absolute atomic E-state index is 9.39. The summed E-state index contributed by atoms with van der Waals surface area (Å²) in [7, 11) is 0. The predicted octanol–water partition coefficient (Wildman–Crippen LogP) is 3.49. The Labute approximate surface area is 129 Å². The lowest BCUT2D eigenvalue weighted by molar-refractivity contribution is 0.604. The summed E-state index contributed by atoms with van der Waals surface area (Å²) >= 11 is 0. The summed E-state index contributed by atoms with van der Waals surface area (Å²) in [5.74, 6) is 0.472. The van der Waals surface area contributed by atoms with Crippen LogP contribution in [0.3, 0.4) is 0 Å². The molecule has 0 bridgehead atoms. The van der Waals surface area contributed by atoms with Gasteiger partial charge in [0.1, 0.15) is 17.5 Å². The lowest BCUT2D eigenvalue weighted by Crippen LogP contribution is -2.04. The third kappa shape index (κ3) is 2.42. The van der Waals surface area contributed by atoms with Crippen molar-refractivity contribution in [1.29, 1.82) is 5.26 Å². The summed E-state index contributed by atoms with van der Waals surface area (Å²) in [5.41, 5.74) is 8.46. The van der Waals surface area contributed by atoms with Gasteiger partial charge < -0.3 is 5.73 Å². The number of nitriles is 1. The molecule has 0 saturated carbocycles. The van der Waals surface area contributed by atoms with Crippen LogP contribution in [-0.4, -0.2) is 9.78 Å². The molecule has 0 spiro atoms. The Morgan fingerprint density at radius 1 is 1.18 bits per heavy atom. The van der Waals surface area contributed by atoms with E-state index in [2.05, 4.69) is 42.4 Å². The largest absolute Gasteiger partial charge is 0.383 e. The van der Waals surface area contributed by atoms with E-state index in [1.165, 1.54) is 10.8 Å². The first-order valence-electron chi connectivity index (χ1n) is 7.46. The van der Waals surface area contributed by atoms with Crippen LogP contribution in [0.25, 0.3) is 10.8 Å². The average molecular weight is 290 g/mol. The smallest absolute Gasteiger partial charge is 0.140 e. The van der Waals surface area contributed by atoms with Crippen LogP contribution in [0.1, 0.15) is 30.2 Å². The van der Waals surface area contributed by atoms with Crippen molar-refractivity contribution in [2.24, 2.45) is 0 Å². The Hall–Kier alpha value is -2.80. The molecule has 2 aromatic carbocycles. The van der Waals surface area contributed by atoms with Crippen LogP contribution in [0.15, 0.2) is 42.5 Å². The van der Waals surface area contributed by atoms with Gasteiger partial charge in [-0.2, -0.15) is 10.4 Å². The molecule has 3 rings (SSSR count). The third-order valence-electron chi connectivity index (χ3n) is 3.85. The van der Waals surface area contributed by atoms with E-state index in [1.54, 1.807) is 4.68 Å². The van der Waals surface area contributed by atoms with Gasteiger partial charge in [-0.15, -0.1) is 0 Å². The molecule has 3 aromatic rings. The predicted molar refractivity (Wildman–Crippen MR) is 88.4 cm³/mol. The van der Waals surface area contributed by atoms with E-state index >= 15 is 0 Å². The van der Waals surface area contributed by atoms with E-state index in [0.29, 0.717) is 17.8 Å². The van der Waals surface area contributed by atoms with E-state index < -0.39 is 0 Å². The number of hydrogen-bond donors (Lipinski definition) is 1. The zero-order valence-corrected chi connectivity index (χ0v) is 12.6. The number of anilines is 1. The van der Waals surface area contributed by atoms with Crippen molar-refractivity contribution in [2.45, 2.75) is 26.3 Å². The summed E-state index contributed by atoms with van der Waals surface area (Å²) in [4.78, 5) is 0. The molecule has 2 N–H and O–H groups in total. The zero-order chi connectivity index (χ0) is 15.5. The molecule has 0 saturated heterocycles. The fraction of sp³-hybridized carbons (Fsp3) is 0.222. The Kier molecular flexibility index (Phi) is 3.80. The minimum Gasteiger partial charge on any atom is -0.383 e. The normalized spacial score (nSPS) is 10.7. The van der Waals surface area contributed by atoms with Crippen LogP contribution in [0, 0.1) is 11.3 Å². The van der Waals surface area contributed by atoms with Crippen LogP contribution in [-0.2, 0) is 13.0 Å². The van der Waals surface area contributed by atoms with Crippen molar-refractivity contribution in [3.8, 4) is 6.07 Å². The highest BCUT2D eigenvalue weighted by molar-refractivity contribution is 5.86. The molecule has 0 aliphatic heterocycles. The Balaban J connectivity index is 2.06. The van der Waals surface area contributed by atoms with Gasteiger partial charge in [-0.05, 0) is 22.8 Å². The standard InChI is InChI=1S/C18H18N4/c1-2-10-22-18(20)16(12-19)17(21-22)11-14-8-5-7-13-6-3-4-9-15(13)14/h3-9H,2,10-11,20H2,1H3. The Morgan fingerprint density at radius 2 is 1.95 bits per heavy atom. The van der Waals surface area contributed by atoms with Crippen LogP contribution < -0.4 is 5.73 Å². The first-order valence-corrected chi connectivity index (χ1v) is 7.46. The van der Waals surface area contributed by atoms with Crippen molar-refractivity contribution >= 4 is 16.6 Å². The molecule has 0 amide bonds. The summed E-state index contributed by atoms with van der Waals surface area (Å²) in [6.07, 6.45) is 1.55. The monoisotopic (exact) mass is 290 g/mol. The topological polar surface area (TPSA) is 67.6 Å². The second-order valence-electron chi connectivity index (χ2n) is 5.36. The third-order valence-corrected chi connectivity index (χ3v) is 3.85. The Bertz CT molecular complexity index is 850. The average Bonchev–Trinajstić information content (AvgIpc) is 2.83. The van der Waals surface area contributed by atoms with E-state index in [1.807, 2.05) is 18.2 Å². The van der Waals surface area contributed by atoms with Crippen molar-refractivity contribution in [3.05, 3.63) is 59.3 Å². The minimum absolute atomic E-state index is 0.472. The van der Waals surface area contributed by atoms with Gasteiger partial charge >= 0.3 is 0 Å². The number of fused-ring (bicyclic) bond motifs is 1. The lowest BCUT2D eigenvalue weighted by Gasteiger charge is -2.05. The maximum atomic E-state index is 9.39. The van der Waals surface area contributed by atoms with E-state index in [-0.39, 0.29) is 0 Å². The fourth-order valence-corrected chi connectivity index (χ4v) is 2.78. The van der Waals surface area contributed by atoms with Crippen LogP contribution in [0.5, 0.6) is 0 Å². The van der Waals surface area contributed by atoms with Crippen molar-refractivity contribution in [1.82, 2.24) is 9.78 Å². The van der Waals surface area contributed by atoms with Crippen LogP contribution in [0.2, 0.25) is 0 Å². The molecule has 4 heteroatoms. The molecule has 110 valence electrons. The highest BCUT2D eigenvalue weighted by Gasteiger charge is 2.16. The molecule has 0 atom stereocenters. The molecule has 0 unspecified atom stereocenters. The number of aromatic nitrogens is 2. The summed E-state index contributed by atoms with van der Waals surface area (Å²) in [6, 6.07) is 16.7. The summed E-state index contributed by atoms with van der Waals surface area (Å²) in [5, 5.41) is 16.3. The van der Waals surface area contributed by atoms with Gasteiger partial charge in [0.05, 0.1) is 5.69 Å². The second kappa shape index (κ2) is 5.90. The summed E-state index contributed by atoms with van der Waals surface area (Å²) < 4.78 is 1.74. The summed E-state index contributed by atoms with van der Waals surface area (Å²) in [6.45, 7) is 2.80. The number of nitrogen functional groups attached to an aromatic ring is 1. The zero-order valence-electron chi connectivity index (χ0n) is 12.6. The molecule has 1 heterocycles. The van der Waals surface area contributed by atoms with Crippen molar-refractivity contribution in [2.75, 3.05) is 5.73 Å². The first-order chi connectivity index (χ1) is 10.7. The van der Waals surface area contributed by atoms with Gasteiger partial charge in [0, 0.05) is 13.0 Å². The van der Waals surface area contributed by atoms with E-state index in [9.17, 15) is 5.26 Å². The Morgan fingerprint density at radius 3 is 2.73 bits per heavy atom. The minimum atomic E-state index is 0.472. The molecular weight excluding hydrogens is 272 g/mol. The van der Waals surface area contributed by atoms with Crippen LogP contribution >= 0.6 is 0 Å². The molecule has 22 heavy (non-hydrogen) atoms. The van der Waals surface area contributed by atoms with Crippen LogP contribution in [0.4, 0.5) is 5.82 Å². The first kappa shape index (κ1) is 14.2. The molecule has 4 nitrogen and oxygen atoms in total. The molecule has 0 aliphatic carbocycles. The molecule has 0 aliphatic rings. The van der Waals surface area contributed by atoms with Gasteiger partial charge in [0.25, 0.3) is 0 Å². The molecular formula is C18H18N4. The van der Waals surface area contributed by atoms with Crippen molar-refractivity contribution in [3.63, 3.8) is 0 Å². The van der Waals surface area contributed by atoms with E-state index in [4.69, 9.17) is 5.73 Å². The van der Waals surface area contributed by atoms with Gasteiger partial charge in [-0.1, -0.05) is 49.4 Å². The van der Waals surface area contributed by atoms with E-state index in [0.717, 1.165) is 24.2 Å². The highest BCUT2D eigenvalue weighted by Crippen LogP contribution is 2.24. The SMILES string of the molecule is CCCn1nc(Cc2cccc3ccccc23)c(C#N)c1N. The number of rotatable bonds is 4. The second-order valence-corrected chi connectivity index (χ2v) is 5.36. The number of nitrogens with zero attached hydrogens (tertiary/aromatic N) is 3. The molecule has 0 fully saturated rings. The van der Waals surface area contributed by atoms with Gasteiger partial charge in [0.15, 0.2) is 0 Å². The highest BCUT2D eigenvalue weighted by atomic mass is 15.3. The molecule has 0 radical (unpaired) electrons. The number of aryl methyl sites for hydroxylation is 1. The van der Waals surface area contributed by atoms with Gasteiger partial charge in [-0.25, -0.2) is 4.68 Å². The molecule has 1 aromatic heterocycles. The fourth-order valence-electron chi connectivity index (χ4n) is 2.78. The van der Waals surface area contributed by atoms with Gasteiger partial charge in [0.2, 0.25) is 0 Å².